The van der Waals surface area contributed by atoms with Gasteiger partial charge in [-0.15, -0.1) is 0 Å². The SMILES string of the molecule is O=C(OC[C@@H]1CCC[C@H]1O)c1ccccc1. The van der Waals surface area contributed by atoms with Crippen LogP contribution < -0.4 is 0 Å². The van der Waals surface area contributed by atoms with E-state index < -0.39 is 0 Å². The third kappa shape index (κ3) is 2.61. The van der Waals surface area contributed by atoms with Gasteiger partial charge in [-0.1, -0.05) is 24.6 Å². The van der Waals surface area contributed by atoms with Crippen LogP contribution in [0.4, 0.5) is 0 Å². The maximum atomic E-state index is 11.6. The fourth-order valence-corrected chi connectivity index (χ4v) is 2.05. The van der Waals surface area contributed by atoms with Gasteiger partial charge in [0.1, 0.15) is 0 Å². The minimum absolute atomic E-state index is 0.118. The Balaban J connectivity index is 1.84. The van der Waals surface area contributed by atoms with Crippen molar-refractivity contribution in [2.24, 2.45) is 5.92 Å². The van der Waals surface area contributed by atoms with E-state index in [9.17, 15) is 9.90 Å². The highest BCUT2D eigenvalue weighted by Gasteiger charge is 2.26. The second-order valence-electron chi connectivity index (χ2n) is 4.22. The Labute approximate surface area is 95.0 Å². The highest BCUT2D eigenvalue weighted by molar-refractivity contribution is 5.89. The van der Waals surface area contributed by atoms with Gasteiger partial charge in [-0.2, -0.15) is 0 Å². The van der Waals surface area contributed by atoms with Crippen LogP contribution in [0.5, 0.6) is 0 Å². The van der Waals surface area contributed by atoms with Gasteiger partial charge in [-0.3, -0.25) is 0 Å². The first-order chi connectivity index (χ1) is 7.77. The summed E-state index contributed by atoms with van der Waals surface area (Å²) in [5.74, 6) is -0.188. The van der Waals surface area contributed by atoms with Crippen LogP contribution >= 0.6 is 0 Å². The van der Waals surface area contributed by atoms with Crippen LogP contribution in [-0.4, -0.2) is 23.8 Å². The average molecular weight is 220 g/mol. The Hall–Kier alpha value is -1.35. The van der Waals surface area contributed by atoms with Gasteiger partial charge in [0.05, 0.1) is 18.3 Å². The van der Waals surface area contributed by atoms with E-state index in [4.69, 9.17) is 4.74 Å². The maximum absolute atomic E-state index is 11.6. The molecule has 2 atom stereocenters. The highest BCUT2D eigenvalue weighted by Crippen LogP contribution is 2.25. The van der Waals surface area contributed by atoms with Crippen LogP contribution in [-0.2, 0) is 4.74 Å². The normalized spacial score (nSPS) is 24.3. The van der Waals surface area contributed by atoms with Gasteiger partial charge in [0.15, 0.2) is 0 Å². The van der Waals surface area contributed by atoms with Crippen molar-refractivity contribution in [2.45, 2.75) is 25.4 Å². The summed E-state index contributed by atoms with van der Waals surface area (Å²) in [4.78, 5) is 11.6. The molecule has 1 saturated carbocycles. The van der Waals surface area contributed by atoms with E-state index in [1.54, 1.807) is 24.3 Å². The zero-order chi connectivity index (χ0) is 11.4. The summed E-state index contributed by atoms with van der Waals surface area (Å²) in [6.07, 6.45) is 2.49. The molecule has 0 saturated heterocycles. The molecule has 1 aromatic carbocycles. The van der Waals surface area contributed by atoms with Crippen LogP contribution in [0.2, 0.25) is 0 Å². The molecule has 1 aliphatic carbocycles. The molecule has 3 nitrogen and oxygen atoms in total. The molecule has 1 N–H and O–H groups in total. The predicted octanol–water partition coefficient (Wildman–Crippen LogP) is 2.00. The predicted molar refractivity (Wildman–Crippen MR) is 60.1 cm³/mol. The summed E-state index contributed by atoms with van der Waals surface area (Å²) < 4.78 is 5.18. The van der Waals surface area contributed by atoms with Crippen molar-refractivity contribution >= 4 is 5.97 Å². The number of esters is 1. The lowest BCUT2D eigenvalue weighted by Crippen LogP contribution is -2.21. The Morgan fingerprint density at radius 3 is 2.69 bits per heavy atom. The van der Waals surface area contributed by atoms with Crippen molar-refractivity contribution in [3.05, 3.63) is 35.9 Å². The molecule has 16 heavy (non-hydrogen) atoms. The molecule has 0 aromatic heterocycles. The van der Waals surface area contributed by atoms with Crippen LogP contribution in [0.25, 0.3) is 0 Å². The fraction of sp³-hybridized carbons (Fsp3) is 0.462. The third-order valence-corrected chi connectivity index (χ3v) is 3.06. The van der Waals surface area contributed by atoms with E-state index >= 15 is 0 Å². The van der Waals surface area contributed by atoms with Crippen LogP contribution in [0.1, 0.15) is 29.6 Å². The first-order valence-corrected chi connectivity index (χ1v) is 5.67. The summed E-state index contributed by atoms with van der Waals surface area (Å²) in [6.45, 7) is 0.328. The Morgan fingerprint density at radius 1 is 1.31 bits per heavy atom. The van der Waals surface area contributed by atoms with Crippen molar-refractivity contribution in [3.8, 4) is 0 Å². The van der Waals surface area contributed by atoms with Gasteiger partial charge in [-0.05, 0) is 25.0 Å². The zero-order valence-electron chi connectivity index (χ0n) is 9.13. The van der Waals surface area contributed by atoms with Gasteiger partial charge in [-0.25, -0.2) is 4.79 Å². The molecule has 1 fully saturated rings. The number of benzene rings is 1. The molecular weight excluding hydrogens is 204 g/mol. The van der Waals surface area contributed by atoms with Crippen LogP contribution in [0.15, 0.2) is 30.3 Å². The van der Waals surface area contributed by atoms with Crippen molar-refractivity contribution < 1.29 is 14.6 Å². The third-order valence-electron chi connectivity index (χ3n) is 3.06. The van der Waals surface area contributed by atoms with E-state index in [2.05, 4.69) is 0 Å². The van der Waals surface area contributed by atoms with E-state index in [0.717, 1.165) is 19.3 Å². The molecule has 0 radical (unpaired) electrons. The Bertz CT molecular complexity index is 347. The van der Waals surface area contributed by atoms with E-state index in [1.807, 2.05) is 6.07 Å². The molecule has 0 amide bonds. The van der Waals surface area contributed by atoms with E-state index in [1.165, 1.54) is 0 Å². The number of carbonyl (C=O) groups is 1. The lowest BCUT2D eigenvalue weighted by atomic mass is 10.1. The van der Waals surface area contributed by atoms with Crippen molar-refractivity contribution in [2.75, 3.05) is 6.61 Å². The minimum atomic E-state index is -0.306. The molecule has 0 spiro atoms. The minimum Gasteiger partial charge on any atom is -0.462 e. The monoisotopic (exact) mass is 220 g/mol. The summed E-state index contributed by atoms with van der Waals surface area (Å²) >= 11 is 0. The molecule has 0 bridgehead atoms. The van der Waals surface area contributed by atoms with Crippen LogP contribution in [0, 0.1) is 5.92 Å². The van der Waals surface area contributed by atoms with Gasteiger partial charge in [0.25, 0.3) is 0 Å². The van der Waals surface area contributed by atoms with Crippen molar-refractivity contribution in [3.63, 3.8) is 0 Å². The molecular formula is C13H16O3. The fourth-order valence-electron chi connectivity index (χ4n) is 2.05. The van der Waals surface area contributed by atoms with Gasteiger partial charge in [0.2, 0.25) is 0 Å². The molecule has 0 heterocycles. The second-order valence-corrected chi connectivity index (χ2v) is 4.22. The van der Waals surface area contributed by atoms with Gasteiger partial charge in [0, 0.05) is 5.92 Å². The highest BCUT2D eigenvalue weighted by atomic mass is 16.5. The number of carbonyl (C=O) groups excluding carboxylic acids is 1. The number of rotatable bonds is 3. The van der Waals surface area contributed by atoms with Gasteiger partial charge < -0.3 is 9.84 Å². The summed E-state index contributed by atoms with van der Waals surface area (Å²) in [5.41, 5.74) is 0.565. The number of ether oxygens (including phenoxy) is 1. The first-order valence-electron chi connectivity index (χ1n) is 5.67. The summed E-state index contributed by atoms with van der Waals surface area (Å²) in [6, 6.07) is 8.93. The maximum Gasteiger partial charge on any atom is 0.338 e. The van der Waals surface area contributed by atoms with E-state index in [-0.39, 0.29) is 18.0 Å². The quantitative estimate of drug-likeness (QED) is 0.792. The number of aliphatic hydroxyl groups is 1. The Kier molecular flexibility index (Phi) is 3.57. The number of aliphatic hydroxyl groups excluding tert-OH is 1. The molecule has 3 heteroatoms. The molecule has 1 aromatic rings. The Morgan fingerprint density at radius 2 is 2.06 bits per heavy atom. The zero-order valence-corrected chi connectivity index (χ0v) is 9.13. The van der Waals surface area contributed by atoms with Gasteiger partial charge >= 0.3 is 5.97 Å². The van der Waals surface area contributed by atoms with Crippen LogP contribution in [0.3, 0.4) is 0 Å². The standard InChI is InChI=1S/C13H16O3/c14-12-8-4-7-11(12)9-16-13(15)10-5-2-1-3-6-10/h1-3,5-6,11-12,14H,4,7-9H2/t11-,12+/m0/s1. The summed E-state index contributed by atoms with van der Waals surface area (Å²) in [7, 11) is 0. The lowest BCUT2D eigenvalue weighted by Gasteiger charge is -2.14. The van der Waals surface area contributed by atoms with Crippen molar-refractivity contribution in [1.82, 2.24) is 0 Å². The lowest BCUT2D eigenvalue weighted by molar-refractivity contribution is 0.0303. The molecule has 2 rings (SSSR count). The second kappa shape index (κ2) is 5.12. The van der Waals surface area contributed by atoms with E-state index in [0.29, 0.717) is 12.2 Å². The van der Waals surface area contributed by atoms with Crippen molar-refractivity contribution in [1.29, 1.82) is 0 Å². The largest absolute Gasteiger partial charge is 0.462 e. The molecule has 0 aliphatic heterocycles. The number of hydrogen-bond donors (Lipinski definition) is 1. The summed E-state index contributed by atoms with van der Waals surface area (Å²) in [5, 5.41) is 9.58. The topological polar surface area (TPSA) is 46.5 Å². The molecule has 86 valence electrons. The molecule has 0 unspecified atom stereocenters. The number of hydrogen-bond acceptors (Lipinski definition) is 3. The smallest absolute Gasteiger partial charge is 0.338 e. The first kappa shape index (κ1) is 11.1. The average Bonchev–Trinajstić information content (AvgIpc) is 2.73. The molecule has 1 aliphatic rings.